The number of amides is 1. The van der Waals surface area contributed by atoms with Crippen molar-refractivity contribution in [3.63, 3.8) is 0 Å². The van der Waals surface area contributed by atoms with Crippen molar-refractivity contribution in [1.29, 1.82) is 0 Å². The van der Waals surface area contributed by atoms with Crippen molar-refractivity contribution in [2.24, 2.45) is 0 Å². The smallest absolute Gasteiger partial charge is 0.253 e. The van der Waals surface area contributed by atoms with E-state index in [2.05, 4.69) is 26.1 Å². The Bertz CT molecular complexity index is 993. The Morgan fingerprint density at radius 1 is 1.21 bits per heavy atom. The first kappa shape index (κ1) is 20.6. The standard InChI is InChI=1S/C20H23BrClN5O/c1-5-26-11-17(22)18(24-26)12-25(4)20(28)16-8-6-15(7-9-16)10-27-14(3)19(21)13(2)23-27/h6-9,11H,5,10,12H2,1-4H3. The highest BCUT2D eigenvalue weighted by atomic mass is 79.9. The van der Waals surface area contributed by atoms with E-state index in [1.54, 1.807) is 22.8 Å². The maximum absolute atomic E-state index is 12.7. The summed E-state index contributed by atoms with van der Waals surface area (Å²) in [5.41, 5.74) is 4.47. The van der Waals surface area contributed by atoms with Gasteiger partial charge in [0.05, 0.1) is 34.0 Å². The van der Waals surface area contributed by atoms with Gasteiger partial charge in [0.2, 0.25) is 0 Å². The lowest BCUT2D eigenvalue weighted by molar-refractivity contribution is 0.0783. The third kappa shape index (κ3) is 4.31. The number of halogens is 2. The molecule has 3 aromatic rings. The highest BCUT2D eigenvalue weighted by Crippen LogP contribution is 2.21. The van der Waals surface area contributed by atoms with Gasteiger partial charge in [-0.05, 0) is 54.4 Å². The van der Waals surface area contributed by atoms with Gasteiger partial charge in [-0.2, -0.15) is 10.2 Å². The number of hydrogen-bond acceptors (Lipinski definition) is 3. The van der Waals surface area contributed by atoms with E-state index in [9.17, 15) is 4.79 Å². The fourth-order valence-electron chi connectivity index (χ4n) is 2.98. The van der Waals surface area contributed by atoms with Crippen LogP contribution in [0.1, 0.15) is 39.9 Å². The Labute approximate surface area is 178 Å². The average molecular weight is 465 g/mol. The number of rotatable bonds is 6. The predicted molar refractivity (Wildman–Crippen MR) is 114 cm³/mol. The van der Waals surface area contributed by atoms with Crippen molar-refractivity contribution >= 4 is 33.4 Å². The minimum Gasteiger partial charge on any atom is -0.336 e. The molecular weight excluding hydrogens is 442 g/mol. The van der Waals surface area contributed by atoms with Gasteiger partial charge in [-0.15, -0.1) is 0 Å². The molecule has 8 heteroatoms. The number of benzene rings is 1. The Hall–Kier alpha value is -2.12. The molecule has 0 atom stereocenters. The van der Waals surface area contributed by atoms with Crippen LogP contribution in [0.5, 0.6) is 0 Å². The fraction of sp³-hybridized carbons (Fsp3) is 0.350. The molecule has 0 saturated carbocycles. The van der Waals surface area contributed by atoms with Gasteiger partial charge in [-0.3, -0.25) is 14.2 Å². The molecule has 0 bridgehead atoms. The van der Waals surface area contributed by atoms with E-state index in [1.807, 2.05) is 49.7 Å². The molecular formula is C20H23BrClN5O. The molecule has 0 spiro atoms. The summed E-state index contributed by atoms with van der Waals surface area (Å²) in [6.07, 6.45) is 1.78. The van der Waals surface area contributed by atoms with Crippen molar-refractivity contribution in [2.45, 2.75) is 40.4 Å². The molecule has 1 amide bonds. The first-order valence-corrected chi connectivity index (χ1v) is 10.2. The second kappa shape index (κ2) is 8.49. The van der Waals surface area contributed by atoms with Crippen LogP contribution in [0.25, 0.3) is 0 Å². The summed E-state index contributed by atoms with van der Waals surface area (Å²) in [5.74, 6) is -0.0671. The lowest BCUT2D eigenvalue weighted by atomic mass is 10.1. The second-order valence-electron chi connectivity index (χ2n) is 6.78. The molecule has 0 aliphatic heterocycles. The van der Waals surface area contributed by atoms with Crippen LogP contribution in [0.2, 0.25) is 5.02 Å². The van der Waals surface area contributed by atoms with Crippen molar-refractivity contribution in [3.8, 4) is 0 Å². The Balaban J connectivity index is 1.68. The first-order chi connectivity index (χ1) is 13.3. The van der Waals surface area contributed by atoms with Crippen LogP contribution >= 0.6 is 27.5 Å². The molecule has 0 aliphatic rings. The topological polar surface area (TPSA) is 56.0 Å². The van der Waals surface area contributed by atoms with Gasteiger partial charge < -0.3 is 4.90 Å². The number of nitrogens with zero attached hydrogens (tertiary/aromatic N) is 5. The predicted octanol–water partition coefficient (Wildman–Crippen LogP) is 4.45. The first-order valence-electron chi connectivity index (χ1n) is 9.05. The molecule has 148 valence electrons. The third-order valence-electron chi connectivity index (χ3n) is 4.67. The summed E-state index contributed by atoms with van der Waals surface area (Å²) < 4.78 is 4.75. The lowest BCUT2D eigenvalue weighted by Gasteiger charge is -2.16. The van der Waals surface area contributed by atoms with Crippen molar-refractivity contribution in [2.75, 3.05) is 7.05 Å². The molecule has 0 N–H and O–H groups in total. The molecule has 0 radical (unpaired) electrons. The second-order valence-corrected chi connectivity index (χ2v) is 7.98. The number of carbonyl (C=O) groups is 1. The van der Waals surface area contributed by atoms with E-state index >= 15 is 0 Å². The van der Waals surface area contributed by atoms with Gasteiger partial charge in [0, 0.05) is 25.4 Å². The van der Waals surface area contributed by atoms with Gasteiger partial charge in [-0.1, -0.05) is 23.7 Å². The van der Waals surface area contributed by atoms with Crippen LogP contribution in [0.4, 0.5) is 0 Å². The maximum atomic E-state index is 12.7. The van der Waals surface area contributed by atoms with Crippen LogP contribution in [-0.2, 0) is 19.6 Å². The van der Waals surface area contributed by atoms with Gasteiger partial charge >= 0.3 is 0 Å². The van der Waals surface area contributed by atoms with E-state index in [0.29, 0.717) is 29.4 Å². The molecule has 2 heterocycles. The van der Waals surface area contributed by atoms with E-state index in [-0.39, 0.29) is 5.91 Å². The van der Waals surface area contributed by atoms with Gasteiger partial charge in [0.1, 0.15) is 5.69 Å². The van der Waals surface area contributed by atoms with E-state index in [0.717, 1.165) is 28.0 Å². The Morgan fingerprint density at radius 2 is 1.89 bits per heavy atom. The van der Waals surface area contributed by atoms with Crippen LogP contribution < -0.4 is 0 Å². The molecule has 3 rings (SSSR count). The zero-order chi connectivity index (χ0) is 20.4. The van der Waals surface area contributed by atoms with Crippen LogP contribution in [0.15, 0.2) is 34.9 Å². The molecule has 0 fully saturated rings. The zero-order valence-corrected chi connectivity index (χ0v) is 18.8. The Morgan fingerprint density at radius 3 is 2.43 bits per heavy atom. The van der Waals surface area contributed by atoms with Crippen LogP contribution in [0, 0.1) is 13.8 Å². The van der Waals surface area contributed by atoms with E-state index < -0.39 is 0 Å². The normalized spacial score (nSPS) is 11.1. The summed E-state index contributed by atoms with van der Waals surface area (Å²) >= 11 is 9.76. The SMILES string of the molecule is CCn1cc(Cl)c(CN(C)C(=O)c2ccc(Cn3nc(C)c(Br)c3C)cc2)n1. The summed E-state index contributed by atoms with van der Waals surface area (Å²) in [6, 6.07) is 7.62. The molecule has 6 nitrogen and oxygen atoms in total. The molecule has 2 aromatic heterocycles. The third-order valence-corrected chi connectivity index (χ3v) is 6.13. The largest absolute Gasteiger partial charge is 0.336 e. The zero-order valence-electron chi connectivity index (χ0n) is 16.4. The summed E-state index contributed by atoms with van der Waals surface area (Å²) in [5, 5.41) is 9.50. The summed E-state index contributed by atoms with van der Waals surface area (Å²) in [6.45, 7) is 7.76. The Kier molecular flexibility index (Phi) is 6.25. The molecule has 1 aromatic carbocycles. The van der Waals surface area contributed by atoms with E-state index in [1.165, 1.54) is 0 Å². The minimum absolute atomic E-state index is 0.0671. The summed E-state index contributed by atoms with van der Waals surface area (Å²) in [4.78, 5) is 14.4. The number of aromatic nitrogens is 4. The van der Waals surface area contributed by atoms with Gasteiger partial charge in [-0.25, -0.2) is 0 Å². The highest BCUT2D eigenvalue weighted by Gasteiger charge is 2.16. The van der Waals surface area contributed by atoms with Gasteiger partial charge in [0.25, 0.3) is 5.91 Å². The monoisotopic (exact) mass is 463 g/mol. The number of carbonyl (C=O) groups excluding carboxylic acids is 1. The lowest BCUT2D eigenvalue weighted by Crippen LogP contribution is -2.26. The van der Waals surface area contributed by atoms with Crippen molar-refractivity contribution in [1.82, 2.24) is 24.5 Å². The molecule has 28 heavy (non-hydrogen) atoms. The highest BCUT2D eigenvalue weighted by molar-refractivity contribution is 9.10. The fourth-order valence-corrected chi connectivity index (χ4v) is 3.47. The quantitative estimate of drug-likeness (QED) is 0.541. The number of hydrogen-bond donors (Lipinski definition) is 0. The van der Waals surface area contributed by atoms with Crippen LogP contribution in [-0.4, -0.2) is 37.4 Å². The van der Waals surface area contributed by atoms with Crippen molar-refractivity contribution in [3.05, 3.63) is 68.2 Å². The van der Waals surface area contributed by atoms with Gasteiger partial charge in [0.15, 0.2) is 0 Å². The average Bonchev–Trinajstić information content (AvgIpc) is 3.16. The molecule has 0 aliphatic carbocycles. The van der Waals surface area contributed by atoms with Crippen LogP contribution in [0.3, 0.4) is 0 Å². The maximum Gasteiger partial charge on any atom is 0.253 e. The van der Waals surface area contributed by atoms with Crippen molar-refractivity contribution < 1.29 is 4.79 Å². The summed E-state index contributed by atoms with van der Waals surface area (Å²) in [7, 11) is 1.75. The minimum atomic E-state index is -0.0671. The molecule has 0 saturated heterocycles. The molecule has 0 unspecified atom stereocenters. The van der Waals surface area contributed by atoms with E-state index in [4.69, 9.17) is 11.6 Å². The number of aryl methyl sites for hydroxylation is 2.